The zero-order valence-electron chi connectivity index (χ0n) is 5.12. The Morgan fingerprint density at radius 3 is 2.82 bits per heavy atom. The maximum Gasteiger partial charge on any atom is 0.189 e. The molecule has 0 radical (unpaired) electrons. The summed E-state index contributed by atoms with van der Waals surface area (Å²) in [6, 6.07) is 1.38. The molecule has 1 rings (SSSR count). The first-order valence-electron chi connectivity index (χ1n) is 2.53. The Morgan fingerprint density at radius 1 is 1.73 bits per heavy atom. The number of aromatic nitrogens is 1. The standard InChI is InChI=1S/C5H3BrClNO2S/c6-5-4(11(9)10)1-3(7)2-8-5/h1-2H,(H,9,10). The molecule has 1 aromatic rings. The zero-order chi connectivity index (χ0) is 8.43. The van der Waals surface area contributed by atoms with Gasteiger partial charge in [0.05, 0.1) is 5.02 Å². The van der Waals surface area contributed by atoms with Crippen LogP contribution in [-0.2, 0) is 11.1 Å². The van der Waals surface area contributed by atoms with Crippen LogP contribution < -0.4 is 0 Å². The lowest BCUT2D eigenvalue weighted by molar-refractivity contribution is 0.563. The molecule has 0 aromatic carbocycles. The third-order valence-electron chi connectivity index (χ3n) is 0.962. The molecule has 0 saturated heterocycles. The second-order valence-electron chi connectivity index (χ2n) is 1.69. The molecule has 0 aliphatic rings. The molecule has 0 aliphatic carbocycles. The smallest absolute Gasteiger partial charge is 0.189 e. The highest BCUT2D eigenvalue weighted by Gasteiger charge is 2.06. The van der Waals surface area contributed by atoms with E-state index in [1.165, 1.54) is 12.3 Å². The summed E-state index contributed by atoms with van der Waals surface area (Å²) in [6.07, 6.45) is 1.39. The predicted octanol–water partition coefficient (Wildman–Crippen LogP) is 2.08. The molecular formula is C5H3BrClNO2S. The highest BCUT2D eigenvalue weighted by molar-refractivity contribution is 9.10. The largest absolute Gasteiger partial charge is 0.302 e. The molecule has 0 aliphatic heterocycles. The molecule has 1 heterocycles. The van der Waals surface area contributed by atoms with Gasteiger partial charge < -0.3 is 4.55 Å². The molecule has 0 spiro atoms. The van der Waals surface area contributed by atoms with E-state index >= 15 is 0 Å². The van der Waals surface area contributed by atoms with Gasteiger partial charge in [-0.1, -0.05) is 11.6 Å². The Balaban J connectivity index is 3.23. The van der Waals surface area contributed by atoms with Crippen molar-refractivity contribution in [3.05, 3.63) is 21.9 Å². The molecule has 0 fully saturated rings. The average Bonchev–Trinajstić information content (AvgIpc) is 1.94. The van der Waals surface area contributed by atoms with Crippen LogP contribution in [0.1, 0.15) is 0 Å². The fraction of sp³-hybridized carbons (Fsp3) is 0. The molecule has 0 amide bonds. The fourth-order valence-corrected chi connectivity index (χ4v) is 1.81. The molecule has 60 valence electrons. The second kappa shape index (κ2) is 3.62. The van der Waals surface area contributed by atoms with Crippen molar-refractivity contribution in [2.75, 3.05) is 0 Å². The lowest BCUT2D eigenvalue weighted by Crippen LogP contribution is -1.91. The third kappa shape index (κ3) is 2.23. The van der Waals surface area contributed by atoms with Gasteiger partial charge in [-0.05, 0) is 22.0 Å². The van der Waals surface area contributed by atoms with Crippen molar-refractivity contribution in [2.24, 2.45) is 0 Å². The van der Waals surface area contributed by atoms with Crippen LogP contribution in [0.3, 0.4) is 0 Å². The van der Waals surface area contributed by atoms with E-state index in [1.807, 2.05) is 0 Å². The molecule has 11 heavy (non-hydrogen) atoms. The molecule has 3 nitrogen and oxygen atoms in total. The van der Waals surface area contributed by atoms with Crippen LogP contribution in [0.5, 0.6) is 0 Å². The first-order chi connectivity index (χ1) is 5.11. The van der Waals surface area contributed by atoms with Crippen molar-refractivity contribution < 1.29 is 8.76 Å². The Hall–Kier alpha value is 0.0300. The summed E-state index contributed by atoms with van der Waals surface area (Å²) in [6.45, 7) is 0. The number of pyridine rings is 1. The van der Waals surface area contributed by atoms with Gasteiger partial charge in [0.1, 0.15) is 9.50 Å². The Labute approximate surface area is 79.2 Å². The molecule has 1 N–H and O–H groups in total. The van der Waals surface area contributed by atoms with E-state index in [4.69, 9.17) is 16.2 Å². The Morgan fingerprint density at radius 2 is 2.36 bits per heavy atom. The minimum atomic E-state index is -2.04. The van der Waals surface area contributed by atoms with E-state index in [0.29, 0.717) is 9.63 Å². The van der Waals surface area contributed by atoms with Gasteiger partial charge in [0.15, 0.2) is 11.1 Å². The van der Waals surface area contributed by atoms with Crippen LogP contribution in [0.2, 0.25) is 5.02 Å². The van der Waals surface area contributed by atoms with Crippen molar-refractivity contribution in [2.45, 2.75) is 4.90 Å². The maximum absolute atomic E-state index is 10.6. The van der Waals surface area contributed by atoms with Crippen molar-refractivity contribution in [1.82, 2.24) is 4.98 Å². The molecule has 0 bridgehead atoms. The lowest BCUT2D eigenvalue weighted by Gasteiger charge is -1.97. The average molecular weight is 257 g/mol. The monoisotopic (exact) mass is 255 g/mol. The number of nitrogens with zero attached hydrogens (tertiary/aromatic N) is 1. The van der Waals surface area contributed by atoms with E-state index in [0.717, 1.165) is 0 Å². The normalized spacial score (nSPS) is 13.0. The minimum Gasteiger partial charge on any atom is -0.302 e. The number of halogens is 2. The van der Waals surface area contributed by atoms with E-state index < -0.39 is 11.1 Å². The van der Waals surface area contributed by atoms with Crippen LogP contribution in [0.15, 0.2) is 21.8 Å². The van der Waals surface area contributed by atoms with Gasteiger partial charge >= 0.3 is 0 Å². The van der Waals surface area contributed by atoms with Gasteiger partial charge in [-0.2, -0.15) is 0 Å². The number of hydrogen-bond donors (Lipinski definition) is 1. The molecule has 6 heteroatoms. The van der Waals surface area contributed by atoms with Crippen LogP contribution in [0.4, 0.5) is 0 Å². The summed E-state index contributed by atoms with van der Waals surface area (Å²) in [5.74, 6) is 0. The van der Waals surface area contributed by atoms with Crippen molar-refractivity contribution in [3.63, 3.8) is 0 Å². The summed E-state index contributed by atoms with van der Waals surface area (Å²) in [7, 11) is 0. The SMILES string of the molecule is O=S(O)c1cc(Cl)cnc1Br. The van der Waals surface area contributed by atoms with E-state index in [-0.39, 0.29) is 4.90 Å². The summed E-state index contributed by atoms with van der Waals surface area (Å²) in [5.41, 5.74) is 0. The van der Waals surface area contributed by atoms with Crippen molar-refractivity contribution in [3.8, 4) is 0 Å². The van der Waals surface area contributed by atoms with E-state index in [9.17, 15) is 4.21 Å². The summed E-state index contributed by atoms with van der Waals surface area (Å²) in [5, 5.41) is 0.339. The summed E-state index contributed by atoms with van der Waals surface area (Å²) >= 11 is 6.50. The van der Waals surface area contributed by atoms with Crippen LogP contribution in [0, 0.1) is 0 Å². The van der Waals surface area contributed by atoms with Gasteiger partial charge in [-0.15, -0.1) is 0 Å². The Kier molecular flexibility index (Phi) is 3.00. The topological polar surface area (TPSA) is 50.2 Å². The first-order valence-corrected chi connectivity index (χ1v) is 4.81. The summed E-state index contributed by atoms with van der Waals surface area (Å²) in [4.78, 5) is 3.91. The van der Waals surface area contributed by atoms with Gasteiger partial charge in [0.25, 0.3) is 0 Å². The van der Waals surface area contributed by atoms with E-state index in [2.05, 4.69) is 20.9 Å². The van der Waals surface area contributed by atoms with Crippen molar-refractivity contribution >= 4 is 38.6 Å². The van der Waals surface area contributed by atoms with Gasteiger partial charge in [0, 0.05) is 6.20 Å². The van der Waals surface area contributed by atoms with Gasteiger partial charge in [0.2, 0.25) is 0 Å². The fourth-order valence-electron chi connectivity index (χ4n) is 0.526. The van der Waals surface area contributed by atoms with Crippen LogP contribution >= 0.6 is 27.5 Å². The van der Waals surface area contributed by atoms with Crippen molar-refractivity contribution in [1.29, 1.82) is 0 Å². The van der Waals surface area contributed by atoms with E-state index in [1.54, 1.807) is 0 Å². The first kappa shape index (κ1) is 9.12. The molecule has 0 saturated carbocycles. The van der Waals surface area contributed by atoms with Crippen LogP contribution in [0.25, 0.3) is 0 Å². The third-order valence-corrected chi connectivity index (χ3v) is 2.75. The Bertz CT molecular complexity index is 307. The zero-order valence-corrected chi connectivity index (χ0v) is 8.28. The molecular weight excluding hydrogens is 253 g/mol. The highest BCUT2D eigenvalue weighted by atomic mass is 79.9. The molecule has 1 aromatic heterocycles. The molecule has 1 unspecified atom stereocenters. The lowest BCUT2D eigenvalue weighted by atomic mass is 10.5. The van der Waals surface area contributed by atoms with Gasteiger partial charge in [-0.3, -0.25) is 0 Å². The number of hydrogen-bond acceptors (Lipinski definition) is 2. The second-order valence-corrected chi connectivity index (χ2v) is 3.82. The predicted molar refractivity (Wildman–Crippen MR) is 46.0 cm³/mol. The number of rotatable bonds is 1. The van der Waals surface area contributed by atoms with Gasteiger partial charge in [-0.25, -0.2) is 9.19 Å². The summed E-state index contributed by atoms with van der Waals surface area (Å²) < 4.78 is 19.6. The quantitative estimate of drug-likeness (QED) is 0.618. The molecule has 1 atom stereocenters. The maximum atomic E-state index is 10.6. The van der Waals surface area contributed by atoms with Crippen LogP contribution in [-0.4, -0.2) is 13.7 Å². The minimum absolute atomic E-state index is 0.178. The highest BCUT2D eigenvalue weighted by Crippen LogP contribution is 2.20.